The topological polar surface area (TPSA) is 39.1 Å². The number of nitrogens with zero attached hydrogens (tertiary/aromatic N) is 2. The molecule has 0 radical (unpaired) electrons. The maximum absolute atomic E-state index is 14.3. The second kappa shape index (κ2) is 5.98. The molecule has 2 atom stereocenters. The number of halogens is 2. The summed E-state index contributed by atoms with van der Waals surface area (Å²) in [5.74, 6) is -1.26. The van der Waals surface area contributed by atoms with Crippen molar-refractivity contribution in [1.82, 2.24) is 5.32 Å². The summed E-state index contributed by atoms with van der Waals surface area (Å²) >= 11 is 0. The Hall–Kier alpha value is -1.67. The Morgan fingerprint density at radius 2 is 1.90 bits per heavy atom. The van der Waals surface area contributed by atoms with Gasteiger partial charge in [-0.1, -0.05) is 0 Å². The van der Waals surface area contributed by atoms with Crippen LogP contribution in [0.15, 0.2) is 12.1 Å². The van der Waals surface area contributed by atoms with Crippen molar-refractivity contribution < 1.29 is 8.78 Å². The van der Waals surface area contributed by atoms with Gasteiger partial charge in [0.2, 0.25) is 0 Å². The Bertz CT molecular complexity index is 538. The maximum Gasteiger partial charge on any atom is 0.150 e. The van der Waals surface area contributed by atoms with Crippen LogP contribution in [0, 0.1) is 23.0 Å². The van der Waals surface area contributed by atoms with E-state index in [0.29, 0.717) is 12.6 Å². The molecule has 0 saturated carbocycles. The van der Waals surface area contributed by atoms with E-state index in [1.807, 2.05) is 4.90 Å². The van der Waals surface area contributed by atoms with Gasteiger partial charge in [-0.15, -0.1) is 0 Å². The van der Waals surface area contributed by atoms with Crippen molar-refractivity contribution in [2.45, 2.75) is 44.2 Å². The van der Waals surface area contributed by atoms with Crippen molar-refractivity contribution in [2.24, 2.45) is 0 Å². The van der Waals surface area contributed by atoms with Gasteiger partial charge in [-0.2, -0.15) is 5.26 Å². The fourth-order valence-corrected chi connectivity index (χ4v) is 3.60. The Kier molecular flexibility index (Phi) is 4.07. The summed E-state index contributed by atoms with van der Waals surface area (Å²) in [5.41, 5.74) is 0.0636. The third-order valence-electron chi connectivity index (χ3n) is 4.55. The molecule has 0 aliphatic carbocycles. The molecule has 0 amide bonds. The van der Waals surface area contributed by atoms with Gasteiger partial charge in [0, 0.05) is 18.6 Å². The highest BCUT2D eigenvalue weighted by atomic mass is 19.1. The molecule has 5 heteroatoms. The minimum absolute atomic E-state index is 0.0290. The van der Waals surface area contributed by atoms with E-state index >= 15 is 0 Å². The summed E-state index contributed by atoms with van der Waals surface area (Å²) in [6.45, 7) is 1.65. The predicted octanol–water partition coefficient (Wildman–Crippen LogP) is 2.95. The second-order valence-corrected chi connectivity index (χ2v) is 5.86. The molecule has 2 aliphatic rings. The summed E-state index contributed by atoms with van der Waals surface area (Å²) in [4.78, 5) is 1.87. The van der Waals surface area contributed by atoms with Crippen molar-refractivity contribution in [3.8, 4) is 6.07 Å². The summed E-state index contributed by atoms with van der Waals surface area (Å²) in [7, 11) is 0. The van der Waals surface area contributed by atoms with Crippen molar-refractivity contribution in [3.05, 3.63) is 29.3 Å². The molecule has 3 nitrogen and oxygen atoms in total. The van der Waals surface area contributed by atoms with Crippen LogP contribution >= 0.6 is 0 Å². The maximum atomic E-state index is 14.3. The van der Waals surface area contributed by atoms with Gasteiger partial charge in [-0.3, -0.25) is 0 Å². The lowest BCUT2D eigenvalue weighted by Gasteiger charge is -2.41. The molecule has 2 aliphatic heterocycles. The van der Waals surface area contributed by atoms with Gasteiger partial charge in [-0.25, -0.2) is 8.78 Å². The first-order chi connectivity index (χ1) is 10.2. The fraction of sp³-hybridized carbons (Fsp3) is 0.562. The van der Waals surface area contributed by atoms with Gasteiger partial charge in [0.15, 0.2) is 11.6 Å². The minimum atomic E-state index is -0.628. The van der Waals surface area contributed by atoms with E-state index in [9.17, 15) is 8.78 Å². The Balaban J connectivity index is 1.95. The van der Waals surface area contributed by atoms with E-state index < -0.39 is 11.6 Å². The SMILES string of the molecule is N#Cc1cc(F)c(N2CCCCC2C2CCCN2)c(F)c1. The molecule has 2 unspecified atom stereocenters. The second-order valence-electron chi connectivity index (χ2n) is 5.86. The van der Waals surface area contributed by atoms with E-state index in [2.05, 4.69) is 5.32 Å². The highest BCUT2D eigenvalue weighted by Crippen LogP contribution is 2.33. The molecule has 112 valence electrons. The quantitative estimate of drug-likeness (QED) is 0.910. The van der Waals surface area contributed by atoms with Crippen LogP contribution in [-0.2, 0) is 0 Å². The normalized spacial score (nSPS) is 25.9. The average molecular weight is 291 g/mol. The lowest BCUT2D eigenvalue weighted by atomic mass is 9.93. The molecule has 0 aromatic heterocycles. The predicted molar refractivity (Wildman–Crippen MR) is 77.1 cm³/mol. The monoisotopic (exact) mass is 291 g/mol. The number of hydrogen-bond donors (Lipinski definition) is 1. The smallest absolute Gasteiger partial charge is 0.150 e. The Morgan fingerprint density at radius 3 is 2.52 bits per heavy atom. The summed E-state index contributed by atoms with van der Waals surface area (Å²) in [5, 5.41) is 12.3. The molecule has 1 aromatic rings. The standard InChI is InChI=1S/C16H19F2N3/c17-12-8-11(10-19)9-13(18)16(12)21-7-2-1-5-15(21)14-4-3-6-20-14/h8-9,14-15,20H,1-7H2. The number of nitrogens with one attached hydrogen (secondary N) is 1. The van der Waals surface area contributed by atoms with Crippen LogP contribution in [0.2, 0.25) is 0 Å². The van der Waals surface area contributed by atoms with Crippen LogP contribution < -0.4 is 10.2 Å². The first kappa shape index (κ1) is 14.3. The molecule has 1 aromatic carbocycles. The third-order valence-corrected chi connectivity index (χ3v) is 4.55. The summed E-state index contributed by atoms with van der Waals surface area (Å²) in [6.07, 6.45) is 5.17. The van der Waals surface area contributed by atoms with Gasteiger partial charge in [-0.05, 0) is 50.8 Å². The highest BCUT2D eigenvalue weighted by molar-refractivity contribution is 5.54. The number of hydrogen-bond acceptors (Lipinski definition) is 3. The zero-order valence-corrected chi connectivity index (χ0v) is 11.9. The molecule has 2 saturated heterocycles. The molecule has 2 fully saturated rings. The van der Waals surface area contributed by atoms with E-state index in [1.165, 1.54) is 0 Å². The van der Waals surface area contributed by atoms with Crippen LogP contribution in [0.4, 0.5) is 14.5 Å². The van der Waals surface area contributed by atoms with Gasteiger partial charge in [0.25, 0.3) is 0 Å². The van der Waals surface area contributed by atoms with Crippen LogP contribution in [0.3, 0.4) is 0 Å². The van der Waals surface area contributed by atoms with E-state index in [0.717, 1.165) is 50.8 Å². The number of anilines is 1. The molecule has 0 spiro atoms. The first-order valence-corrected chi connectivity index (χ1v) is 7.60. The van der Waals surface area contributed by atoms with Crippen LogP contribution in [0.25, 0.3) is 0 Å². The van der Waals surface area contributed by atoms with Gasteiger partial charge in [0.05, 0.1) is 11.6 Å². The number of rotatable bonds is 2. The van der Waals surface area contributed by atoms with Gasteiger partial charge in [0.1, 0.15) is 5.69 Å². The van der Waals surface area contributed by atoms with Crippen LogP contribution in [0.5, 0.6) is 0 Å². The van der Waals surface area contributed by atoms with Crippen LogP contribution in [-0.4, -0.2) is 25.2 Å². The van der Waals surface area contributed by atoms with Gasteiger partial charge >= 0.3 is 0 Å². The fourth-order valence-electron chi connectivity index (χ4n) is 3.60. The molecular weight excluding hydrogens is 272 g/mol. The van der Waals surface area contributed by atoms with Crippen molar-refractivity contribution >= 4 is 5.69 Å². The zero-order valence-electron chi connectivity index (χ0n) is 11.9. The molecule has 1 N–H and O–H groups in total. The lowest BCUT2D eigenvalue weighted by Crippen LogP contribution is -2.51. The lowest BCUT2D eigenvalue weighted by molar-refractivity contribution is 0.370. The van der Waals surface area contributed by atoms with E-state index in [1.54, 1.807) is 6.07 Å². The number of benzene rings is 1. The average Bonchev–Trinajstić information content (AvgIpc) is 3.01. The first-order valence-electron chi connectivity index (χ1n) is 7.60. The van der Waals surface area contributed by atoms with Gasteiger partial charge < -0.3 is 10.2 Å². The molecular formula is C16H19F2N3. The van der Waals surface area contributed by atoms with Crippen molar-refractivity contribution in [2.75, 3.05) is 18.0 Å². The highest BCUT2D eigenvalue weighted by Gasteiger charge is 2.34. The largest absolute Gasteiger partial charge is 0.362 e. The number of nitriles is 1. The van der Waals surface area contributed by atoms with E-state index in [-0.39, 0.29) is 17.3 Å². The Labute approximate surface area is 123 Å². The number of piperidine rings is 1. The van der Waals surface area contributed by atoms with Crippen LogP contribution in [0.1, 0.15) is 37.7 Å². The summed E-state index contributed by atoms with van der Waals surface area (Å²) < 4.78 is 28.6. The molecule has 0 bridgehead atoms. The molecule has 3 rings (SSSR count). The minimum Gasteiger partial charge on any atom is -0.362 e. The van der Waals surface area contributed by atoms with Crippen molar-refractivity contribution in [1.29, 1.82) is 5.26 Å². The summed E-state index contributed by atoms with van der Waals surface area (Å²) in [6, 6.07) is 4.50. The van der Waals surface area contributed by atoms with E-state index in [4.69, 9.17) is 5.26 Å². The van der Waals surface area contributed by atoms with Crippen molar-refractivity contribution in [3.63, 3.8) is 0 Å². The Morgan fingerprint density at radius 1 is 1.14 bits per heavy atom. The molecule has 21 heavy (non-hydrogen) atoms. The third kappa shape index (κ3) is 2.73. The molecule has 2 heterocycles. The zero-order chi connectivity index (χ0) is 14.8.